The van der Waals surface area contributed by atoms with Gasteiger partial charge in [-0.05, 0) is 54.8 Å². The predicted molar refractivity (Wildman–Crippen MR) is 138 cm³/mol. The highest BCUT2D eigenvalue weighted by atomic mass is 16.7. The SMILES string of the molecule is CCc1ccc(OCCCn2c(C3CC(=O)N(c4ccc5c(c4)OCO5)C3)nc3ccccc32)cc1. The maximum atomic E-state index is 13.0. The monoisotopic (exact) mass is 483 g/mol. The zero-order valence-electron chi connectivity index (χ0n) is 20.4. The molecule has 184 valence electrons. The second kappa shape index (κ2) is 9.57. The highest BCUT2D eigenvalue weighted by molar-refractivity contribution is 5.97. The molecule has 0 spiro atoms. The molecular formula is C29H29N3O4. The number of benzene rings is 3. The van der Waals surface area contributed by atoms with E-state index in [4.69, 9.17) is 19.2 Å². The third kappa shape index (κ3) is 4.26. The summed E-state index contributed by atoms with van der Waals surface area (Å²) in [5.74, 6) is 3.35. The molecule has 36 heavy (non-hydrogen) atoms. The number of amides is 1. The van der Waals surface area contributed by atoms with Crippen molar-refractivity contribution in [1.82, 2.24) is 9.55 Å². The van der Waals surface area contributed by atoms with Crippen LogP contribution in [0, 0.1) is 0 Å². The fourth-order valence-corrected chi connectivity index (χ4v) is 5.06. The Balaban J connectivity index is 1.19. The number of carbonyl (C=O) groups excluding carboxylic acids is 1. The minimum Gasteiger partial charge on any atom is -0.494 e. The van der Waals surface area contributed by atoms with Crippen molar-refractivity contribution < 1.29 is 19.0 Å². The lowest BCUT2D eigenvalue weighted by Gasteiger charge is -2.18. The van der Waals surface area contributed by atoms with E-state index < -0.39 is 0 Å². The second-order valence-corrected chi connectivity index (χ2v) is 9.25. The van der Waals surface area contributed by atoms with Crippen molar-refractivity contribution in [3.05, 3.63) is 78.1 Å². The standard InChI is InChI=1S/C29H29N3O4/c1-2-20-8-11-23(12-9-20)34-15-5-14-31-25-7-4-3-6-24(25)30-29(31)21-16-28(33)32(18-21)22-10-13-26-27(17-22)36-19-35-26/h3-4,6-13,17,21H,2,5,14-16,18-19H2,1H3. The van der Waals surface area contributed by atoms with Gasteiger partial charge in [-0.2, -0.15) is 0 Å². The average Bonchev–Trinajstić information content (AvgIpc) is 3.63. The first kappa shape index (κ1) is 22.5. The van der Waals surface area contributed by atoms with Crippen LogP contribution in [-0.2, 0) is 17.8 Å². The Morgan fingerprint density at radius 3 is 2.72 bits per heavy atom. The summed E-state index contributed by atoms with van der Waals surface area (Å²) >= 11 is 0. The van der Waals surface area contributed by atoms with Gasteiger partial charge in [-0.15, -0.1) is 0 Å². The molecule has 2 aliphatic heterocycles. The molecule has 4 aromatic rings. The van der Waals surface area contributed by atoms with Gasteiger partial charge in [0.1, 0.15) is 11.6 Å². The van der Waals surface area contributed by atoms with Gasteiger partial charge < -0.3 is 23.7 Å². The van der Waals surface area contributed by atoms with Crippen molar-refractivity contribution in [3.8, 4) is 17.2 Å². The van der Waals surface area contributed by atoms with Crippen LogP contribution in [0.4, 0.5) is 5.69 Å². The number of nitrogens with zero attached hydrogens (tertiary/aromatic N) is 3. The van der Waals surface area contributed by atoms with E-state index in [1.54, 1.807) is 0 Å². The van der Waals surface area contributed by atoms with Crippen molar-refractivity contribution in [2.75, 3.05) is 24.8 Å². The summed E-state index contributed by atoms with van der Waals surface area (Å²) in [6.07, 6.45) is 2.29. The number of aromatic nitrogens is 2. The number of imidazole rings is 1. The van der Waals surface area contributed by atoms with Gasteiger partial charge in [0.2, 0.25) is 12.7 Å². The maximum absolute atomic E-state index is 13.0. The largest absolute Gasteiger partial charge is 0.494 e. The lowest BCUT2D eigenvalue weighted by Crippen LogP contribution is -2.24. The van der Waals surface area contributed by atoms with E-state index in [-0.39, 0.29) is 18.6 Å². The topological polar surface area (TPSA) is 65.8 Å². The number of hydrogen-bond acceptors (Lipinski definition) is 5. The summed E-state index contributed by atoms with van der Waals surface area (Å²) < 4.78 is 19.2. The van der Waals surface area contributed by atoms with Gasteiger partial charge in [-0.25, -0.2) is 4.98 Å². The van der Waals surface area contributed by atoms with Crippen LogP contribution in [0.15, 0.2) is 66.7 Å². The zero-order valence-corrected chi connectivity index (χ0v) is 20.4. The van der Waals surface area contributed by atoms with Crippen molar-refractivity contribution in [3.63, 3.8) is 0 Å². The van der Waals surface area contributed by atoms with Gasteiger partial charge in [0.25, 0.3) is 0 Å². The number of anilines is 1. The smallest absolute Gasteiger partial charge is 0.231 e. The molecule has 7 heteroatoms. The summed E-state index contributed by atoms with van der Waals surface area (Å²) in [4.78, 5) is 19.8. The van der Waals surface area contributed by atoms with Crippen molar-refractivity contribution in [2.24, 2.45) is 0 Å². The lowest BCUT2D eigenvalue weighted by atomic mass is 10.1. The molecule has 2 aliphatic rings. The Morgan fingerprint density at radius 1 is 1.03 bits per heavy atom. The van der Waals surface area contributed by atoms with Gasteiger partial charge in [-0.1, -0.05) is 31.2 Å². The Labute approximate surface area is 210 Å². The molecule has 0 saturated carbocycles. The molecule has 1 amide bonds. The first-order valence-corrected chi connectivity index (χ1v) is 12.6. The van der Waals surface area contributed by atoms with Crippen LogP contribution in [0.5, 0.6) is 17.2 Å². The number of ether oxygens (including phenoxy) is 3. The first-order valence-electron chi connectivity index (χ1n) is 12.6. The fourth-order valence-electron chi connectivity index (χ4n) is 5.06. The van der Waals surface area contributed by atoms with Crippen LogP contribution in [0.25, 0.3) is 11.0 Å². The van der Waals surface area contributed by atoms with E-state index >= 15 is 0 Å². The summed E-state index contributed by atoms with van der Waals surface area (Å²) in [5.41, 5.74) is 4.18. The molecule has 1 atom stereocenters. The zero-order chi connectivity index (χ0) is 24.5. The van der Waals surface area contributed by atoms with Crippen LogP contribution in [0.2, 0.25) is 0 Å². The molecule has 0 bridgehead atoms. The van der Waals surface area contributed by atoms with Gasteiger partial charge in [0.15, 0.2) is 11.5 Å². The molecule has 1 fully saturated rings. The van der Waals surface area contributed by atoms with Crippen LogP contribution >= 0.6 is 0 Å². The Kier molecular flexibility index (Phi) is 5.97. The number of rotatable bonds is 8. The molecule has 1 unspecified atom stereocenters. The van der Waals surface area contributed by atoms with Crippen LogP contribution < -0.4 is 19.1 Å². The van der Waals surface area contributed by atoms with E-state index in [0.717, 1.165) is 47.7 Å². The summed E-state index contributed by atoms with van der Waals surface area (Å²) in [6, 6.07) is 22.1. The minimum absolute atomic E-state index is 0.0119. The maximum Gasteiger partial charge on any atom is 0.231 e. The van der Waals surface area contributed by atoms with Crippen LogP contribution in [0.1, 0.15) is 37.1 Å². The van der Waals surface area contributed by atoms with Gasteiger partial charge in [-0.3, -0.25) is 4.79 Å². The lowest BCUT2D eigenvalue weighted by molar-refractivity contribution is -0.117. The Bertz CT molecular complexity index is 1400. The third-order valence-electron chi connectivity index (χ3n) is 6.97. The average molecular weight is 484 g/mol. The van der Waals surface area contributed by atoms with Gasteiger partial charge in [0.05, 0.1) is 17.6 Å². The van der Waals surface area contributed by atoms with E-state index in [0.29, 0.717) is 31.1 Å². The fraction of sp³-hybridized carbons (Fsp3) is 0.310. The number of aryl methyl sites for hydroxylation is 2. The van der Waals surface area contributed by atoms with Gasteiger partial charge >= 0.3 is 0 Å². The minimum atomic E-state index is 0.0119. The molecular weight excluding hydrogens is 454 g/mol. The van der Waals surface area contributed by atoms with Gasteiger partial charge in [0, 0.05) is 37.2 Å². The van der Waals surface area contributed by atoms with Crippen molar-refractivity contribution >= 4 is 22.6 Å². The molecule has 3 heterocycles. The number of hydrogen-bond donors (Lipinski definition) is 0. The highest BCUT2D eigenvalue weighted by Gasteiger charge is 2.35. The van der Waals surface area contributed by atoms with Crippen molar-refractivity contribution in [2.45, 2.75) is 38.6 Å². The summed E-state index contributed by atoms with van der Waals surface area (Å²) in [5, 5.41) is 0. The van der Waals surface area contributed by atoms with E-state index in [1.807, 2.05) is 53.4 Å². The number of carbonyl (C=O) groups is 1. The normalized spacial score (nSPS) is 16.8. The predicted octanol–water partition coefficient (Wildman–Crippen LogP) is 5.32. The summed E-state index contributed by atoms with van der Waals surface area (Å²) in [7, 11) is 0. The number of fused-ring (bicyclic) bond motifs is 2. The van der Waals surface area contributed by atoms with Crippen molar-refractivity contribution in [1.29, 1.82) is 0 Å². The van der Waals surface area contributed by atoms with E-state index in [1.165, 1.54) is 5.56 Å². The van der Waals surface area contributed by atoms with E-state index in [9.17, 15) is 4.79 Å². The molecule has 0 radical (unpaired) electrons. The van der Waals surface area contributed by atoms with E-state index in [2.05, 4.69) is 29.7 Å². The van der Waals surface area contributed by atoms with Crippen LogP contribution in [0.3, 0.4) is 0 Å². The quantitative estimate of drug-likeness (QED) is 0.318. The molecule has 0 N–H and O–H groups in total. The second-order valence-electron chi connectivity index (χ2n) is 9.25. The summed E-state index contributed by atoms with van der Waals surface area (Å²) in [6.45, 7) is 4.34. The number of para-hydroxylation sites is 2. The molecule has 6 rings (SSSR count). The molecule has 7 nitrogen and oxygen atoms in total. The van der Waals surface area contributed by atoms with Crippen LogP contribution in [-0.4, -0.2) is 35.4 Å². The first-order chi connectivity index (χ1) is 17.7. The Hall–Kier alpha value is -4.00. The molecule has 1 saturated heterocycles. The molecule has 1 aromatic heterocycles. The Morgan fingerprint density at radius 2 is 1.86 bits per heavy atom. The molecule has 3 aromatic carbocycles. The highest BCUT2D eigenvalue weighted by Crippen LogP contribution is 2.39. The molecule has 0 aliphatic carbocycles. The third-order valence-corrected chi connectivity index (χ3v) is 6.97.